The van der Waals surface area contributed by atoms with Crippen molar-refractivity contribution in [3.05, 3.63) is 0 Å². The highest BCUT2D eigenvalue weighted by atomic mass is 32.2. The fraction of sp³-hybridized carbons (Fsp3) is 0.905. The number of rotatable bonds is 6. The largest absolute Gasteiger partial charge is 0.450 e. The molecule has 166 valence electrons. The van der Waals surface area contributed by atoms with Crippen LogP contribution in [-0.2, 0) is 4.74 Å². The van der Waals surface area contributed by atoms with E-state index in [1.165, 1.54) is 50.3 Å². The molecule has 7 nitrogen and oxygen atoms in total. The molecule has 0 aromatic heterocycles. The van der Waals surface area contributed by atoms with E-state index < -0.39 is 0 Å². The van der Waals surface area contributed by atoms with Crippen molar-refractivity contribution in [1.29, 1.82) is 0 Å². The van der Waals surface area contributed by atoms with E-state index in [-0.39, 0.29) is 11.6 Å². The zero-order valence-electron chi connectivity index (χ0n) is 18.3. The molecular weight excluding hydrogens is 386 g/mol. The van der Waals surface area contributed by atoms with Crippen molar-refractivity contribution in [2.24, 2.45) is 4.99 Å². The Kier molecular flexibility index (Phi) is 8.78. The van der Waals surface area contributed by atoms with E-state index in [4.69, 9.17) is 9.73 Å². The van der Waals surface area contributed by atoms with E-state index in [9.17, 15) is 4.79 Å². The molecule has 3 rings (SSSR count). The predicted molar refractivity (Wildman–Crippen MR) is 121 cm³/mol. The average Bonchev–Trinajstić information content (AvgIpc) is 3.24. The lowest BCUT2D eigenvalue weighted by atomic mass is 9.95. The van der Waals surface area contributed by atoms with Crippen molar-refractivity contribution in [3.63, 3.8) is 0 Å². The minimum atomic E-state index is -0.186. The number of aliphatic imine (C=N–C) groups is 1. The lowest BCUT2D eigenvalue weighted by Gasteiger charge is -2.42. The molecule has 2 heterocycles. The Morgan fingerprint density at radius 1 is 1.14 bits per heavy atom. The van der Waals surface area contributed by atoms with Gasteiger partial charge in [-0.25, -0.2) is 4.79 Å². The van der Waals surface area contributed by atoms with Crippen molar-refractivity contribution in [1.82, 2.24) is 20.4 Å². The molecule has 0 aromatic rings. The molecular formula is C21H39N5O2S. The van der Waals surface area contributed by atoms with Gasteiger partial charge in [0.1, 0.15) is 0 Å². The van der Waals surface area contributed by atoms with Crippen LogP contribution in [0, 0.1) is 0 Å². The number of nitrogens with one attached hydrogen (secondary N) is 2. The molecule has 1 saturated carbocycles. The van der Waals surface area contributed by atoms with Crippen LogP contribution in [-0.4, -0.2) is 90.8 Å². The maximum Gasteiger partial charge on any atom is 0.409 e. The van der Waals surface area contributed by atoms with Gasteiger partial charge in [0, 0.05) is 55.8 Å². The maximum absolute atomic E-state index is 11.9. The van der Waals surface area contributed by atoms with Crippen LogP contribution in [0.2, 0.25) is 0 Å². The number of nitrogens with zero attached hydrogens (tertiary/aromatic N) is 3. The molecule has 0 aromatic carbocycles. The summed E-state index contributed by atoms with van der Waals surface area (Å²) in [6, 6.07) is 0.351. The molecule has 0 bridgehead atoms. The fourth-order valence-corrected chi connectivity index (χ4v) is 5.71. The summed E-state index contributed by atoms with van der Waals surface area (Å²) in [4.78, 5) is 21.5. The van der Waals surface area contributed by atoms with E-state index in [0.29, 0.717) is 12.6 Å². The van der Waals surface area contributed by atoms with Crippen LogP contribution in [0.5, 0.6) is 0 Å². The van der Waals surface area contributed by atoms with Crippen LogP contribution in [0.25, 0.3) is 0 Å². The molecule has 1 amide bonds. The fourth-order valence-electron chi connectivity index (χ4n) is 4.81. The van der Waals surface area contributed by atoms with Crippen molar-refractivity contribution in [2.75, 3.05) is 57.4 Å². The highest BCUT2D eigenvalue weighted by Crippen LogP contribution is 2.37. The van der Waals surface area contributed by atoms with Gasteiger partial charge in [-0.1, -0.05) is 12.8 Å². The maximum atomic E-state index is 11.9. The number of hydrogen-bond acceptors (Lipinski definition) is 5. The number of piperidine rings is 1. The predicted octanol–water partition coefficient (Wildman–Crippen LogP) is 2.52. The topological polar surface area (TPSA) is 69.2 Å². The van der Waals surface area contributed by atoms with Gasteiger partial charge < -0.3 is 20.3 Å². The van der Waals surface area contributed by atoms with Crippen molar-refractivity contribution in [3.8, 4) is 0 Å². The zero-order valence-corrected chi connectivity index (χ0v) is 19.1. The summed E-state index contributed by atoms with van der Waals surface area (Å²) in [5, 5.41) is 7.07. The molecule has 0 radical (unpaired) electrons. The first-order valence-electron chi connectivity index (χ1n) is 11.5. The highest BCUT2D eigenvalue weighted by molar-refractivity contribution is 7.99. The van der Waals surface area contributed by atoms with Gasteiger partial charge in [-0.15, -0.1) is 0 Å². The molecule has 0 spiro atoms. The quantitative estimate of drug-likeness (QED) is 0.503. The summed E-state index contributed by atoms with van der Waals surface area (Å²) < 4.78 is 5.12. The van der Waals surface area contributed by atoms with Crippen LogP contribution < -0.4 is 10.6 Å². The summed E-state index contributed by atoms with van der Waals surface area (Å²) in [6.07, 6.45) is 6.88. The Morgan fingerprint density at radius 2 is 1.83 bits per heavy atom. The van der Waals surface area contributed by atoms with Crippen LogP contribution in [0.4, 0.5) is 4.79 Å². The minimum absolute atomic E-state index is 0.186. The van der Waals surface area contributed by atoms with E-state index in [0.717, 1.165) is 45.0 Å². The Hall–Kier alpha value is -1.15. The number of likely N-dealkylation sites (tertiary alicyclic amines) is 1. The lowest BCUT2D eigenvalue weighted by Crippen LogP contribution is -2.54. The van der Waals surface area contributed by atoms with Crippen LogP contribution >= 0.6 is 11.8 Å². The lowest BCUT2D eigenvalue weighted by molar-refractivity contribution is 0.0962. The highest BCUT2D eigenvalue weighted by Gasteiger charge is 2.40. The first-order valence-corrected chi connectivity index (χ1v) is 12.6. The van der Waals surface area contributed by atoms with Gasteiger partial charge in [-0.05, 0) is 39.5 Å². The summed E-state index contributed by atoms with van der Waals surface area (Å²) in [5.41, 5.74) is 0.261. The third-order valence-electron chi connectivity index (χ3n) is 6.45. The summed E-state index contributed by atoms with van der Waals surface area (Å²) in [6.45, 7) is 10.0. The molecule has 0 atom stereocenters. The Balaban J connectivity index is 1.56. The summed E-state index contributed by atoms with van der Waals surface area (Å²) >= 11 is 2.08. The van der Waals surface area contributed by atoms with Gasteiger partial charge >= 0.3 is 6.09 Å². The van der Waals surface area contributed by atoms with Gasteiger partial charge in [-0.3, -0.25) is 9.89 Å². The second kappa shape index (κ2) is 11.3. The molecule has 2 saturated heterocycles. The van der Waals surface area contributed by atoms with Gasteiger partial charge in [0.05, 0.1) is 13.2 Å². The molecule has 0 unspecified atom stereocenters. The molecule has 8 heteroatoms. The molecule has 1 aliphatic carbocycles. The first kappa shape index (κ1) is 22.5. The van der Waals surface area contributed by atoms with Gasteiger partial charge in [0.15, 0.2) is 5.96 Å². The third kappa shape index (κ3) is 6.17. The molecule has 2 aliphatic heterocycles. The number of ether oxygens (including phenoxy) is 1. The van der Waals surface area contributed by atoms with E-state index in [1.807, 2.05) is 11.8 Å². The minimum Gasteiger partial charge on any atom is -0.450 e. The first-order chi connectivity index (χ1) is 14.2. The molecule has 3 fully saturated rings. The Labute approximate surface area is 180 Å². The van der Waals surface area contributed by atoms with Crippen molar-refractivity contribution < 1.29 is 9.53 Å². The van der Waals surface area contributed by atoms with Gasteiger partial charge in [0.25, 0.3) is 0 Å². The molecule has 3 aliphatic rings. The summed E-state index contributed by atoms with van der Waals surface area (Å²) in [5.74, 6) is 3.44. The Bertz CT molecular complexity index is 539. The second-order valence-electron chi connectivity index (χ2n) is 8.33. The number of carbonyl (C=O) groups excluding carboxylic acids is 1. The van der Waals surface area contributed by atoms with E-state index in [1.54, 1.807) is 0 Å². The normalized spacial score (nSPS) is 23.8. The molecule has 2 N–H and O–H groups in total. The van der Waals surface area contributed by atoms with Crippen molar-refractivity contribution in [2.45, 2.75) is 64.0 Å². The Morgan fingerprint density at radius 3 is 2.45 bits per heavy atom. The zero-order chi connectivity index (χ0) is 20.5. The second-order valence-corrected chi connectivity index (χ2v) is 9.56. The number of hydrogen-bond donors (Lipinski definition) is 2. The summed E-state index contributed by atoms with van der Waals surface area (Å²) in [7, 11) is 0. The smallest absolute Gasteiger partial charge is 0.409 e. The monoisotopic (exact) mass is 425 g/mol. The van der Waals surface area contributed by atoms with Crippen LogP contribution in [0.1, 0.15) is 52.4 Å². The molecule has 29 heavy (non-hydrogen) atoms. The van der Waals surface area contributed by atoms with Gasteiger partial charge in [-0.2, -0.15) is 11.8 Å². The van der Waals surface area contributed by atoms with Gasteiger partial charge in [0.2, 0.25) is 0 Å². The van der Waals surface area contributed by atoms with Crippen molar-refractivity contribution >= 4 is 23.8 Å². The number of guanidine groups is 1. The van der Waals surface area contributed by atoms with Crippen LogP contribution in [0.3, 0.4) is 0 Å². The standard InChI is InChI=1S/C21H39N5O2S/c1-3-22-19(24-18-7-11-25(12-8-18)20(27)28-4-2)23-17-21(9-5-6-10-21)26-13-15-29-16-14-26/h18H,3-17H2,1-2H3,(H2,22,23,24). The van der Waals surface area contributed by atoms with E-state index in [2.05, 4.69) is 34.2 Å². The SMILES string of the molecule is CCNC(=NCC1(N2CCSCC2)CCCC1)NC1CCN(C(=O)OCC)CC1. The number of carbonyl (C=O) groups is 1. The number of amides is 1. The van der Waals surface area contributed by atoms with Crippen LogP contribution in [0.15, 0.2) is 4.99 Å². The third-order valence-corrected chi connectivity index (χ3v) is 7.40. The van der Waals surface area contributed by atoms with E-state index >= 15 is 0 Å². The average molecular weight is 426 g/mol. The number of thioether (sulfide) groups is 1.